The van der Waals surface area contributed by atoms with Crippen molar-refractivity contribution in [3.05, 3.63) is 51.6 Å². The van der Waals surface area contributed by atoms with Gasteiger partial charge in [0.25, 0.3) is 5.91 Å². The molecule has 118 valence electrons. The second-order valence-electron chi connectivity index (χ2n) is 6.13. The van der Waals surface area contributed by atoms with E-state index in [1.165, 1.54) is 16.9 Å². The molecule has 0 bridgehead atoms. The van der Waals surface area contributed by atoms with E-state index in [2.05, 4.69) is 28.5 Å². The number of carbonyl (C=O) groups excluding carboxylic acids is 1. The van der Waals surface area contributed by atoms with Gasteiger partial charge in [-0.1, -0.05) is 13.0 Å². The number of pyridine rings is 1. The summed E-state index contributed by atoms with van der Waals surface area (Å²) in [4.78, 5) is 14.6. The number of fused-ring (bicyclic) bond motifs is 2. The summed E-state index contributed by atoms with van der Waals surface area (Å²) in [6.07, 6.45) is 5.32. The number of hydrogen-bond donors (Lipinski definition) is 1. The van der Waals surface area contributed by atoms with E-state index in [9.17, 15) is 4.79 Å². The minimum absolute atomic E-state index is 0.0234. The number of aromatic nitrogens is 3. The van der Waals surface area contributed by atoms with Crippen LogP contribution in [0.15, 0.2) is 30.5 Å². The van der Waals surface area contributed by atoms with Gasteiger partial charge >= 0.3 is 0 Å². The highest BCUT2D eigenvalue weighted by molar-refractivity contribution is 7.14. The van der Waals surface area contributed by atoms with E-state index >= 15 is 0 Å². The lowest BCUT2D eigenvalue weighted by Crippen LogP contribution is -2.23. The third-order valence-corrected chi connectivity index (χ3v) is 5.58. The first kappa shape index (κ1) is 14.4. The van der Waals surface area contributed by atoms with Crippen LogP contribution in [0.3, 0.4) is 0 Å². The summed E-state index contributed by atoms with van der Waals surface area (Å²) in [5.41, 5.74) is 2.14. The predicted molar refractivity (Wildman–Crippen MR) is 89.7 cm³/mol. The molecule has 0 saturated carbocycles. The van der Waals surface area contributed by atoms with Crippen LogP contribution < -0.4 is 5.32 Å². The molecule has 4 rings (SSSR count). The smallest absolute Gasteiger partial charge is 0.261 e. The number of thiophene rings is 1. The molecule has 0 radical (unpaired) electrons. The highest BCUT2D eigenvalue weighted by Gasteiger charge is 2.20. The highest BCUT2D eigenvalue weighted by Crippen LogP contribution is 2.32. The number of aryl methyl sites for hydroxylation is 1. The SMILES string of the molecule is C[C@H]1CCc2sc(C(=O)NCc3nnc4ccccn34)cc2C1. The molecule has 5 nitrogen and oxygen atoms in total. The van der Waals surface area contributed by atoms with Crippen LogP contribution >= 0.6 is 11.3 Å². The number of amides is 1. The fourth-order valence-electron chi connectivity index (χ4n) is 3.08. The molecule has 3 heterocycles. The van der Waals surface area contributed by atoms with Crippen LogP contribution in [-0.4, -0.2) is 20.5 Å². The van der Waals surface area contributed by atoms with Crippen molar-refractivity contribution >= 4 is 22.9 Å². The van der Waals surface area contributed by atoms with Gasteiger partial charge in [-0.25, -0.2) is 0 Å². The Morgan fingerprint density at radius 1 is 1.43 bits per heavy atom. The molecule has 1 atom stereocenters. The van der Waals surface area contributed by atoms with Crippen molar-refractivity contribution in [3.63, 3.8) is 0 Å². The Morgan fingerprint density at radius 2 is 2.35 bits per heavy atom. The maximum absolute atomic E-state index is 12.4. The Balaban J connectivity index is 1.48. The molecule has 1 aliphatic carbocycles. The molecule has 0 saturated heterocycles. The number of nitrogens with zero attached hydrogens (tertiary/aromatic N) is 3. The Bertz CT molecular complexity index is 866. The molecular weight excluding hydrogens is 308 g/mol. The Morgan fingerprint density at radius 3 is 3.26 bits per heavy atom. The first-order valence-corrected chi connectivity index (χ1v) is 8.71. The molecule has 6 heteroatoms. The van der Waals surface area contributed by atoms with Crippen LogP contribution in [0.25, 0.3) is 5.65 Å². The van der Waals surface area contributed by atoms with Gasteiger partial charge in [0.05, 0.1) is 11.4 Å². The largest absolute Gasteiger partial charge is 0.344 e. The van der Waals surface area contributed by atoms with Crippen LogP contribution in [0.2, 0.25) is 0 Å². The molecule has 1 amide bonds. The van der Waals surface area contributed by atoms with Crippen molar-refractivity contribution in [1.29, 1.82) is 0 Å². The maximum atomic E-state index is 12.4. The van der Waals surface area contributed by atoms with Crippen molar-refractivity contribution in [2.24, 2.45) is 5.92 Å². The van der Waals surface area contributed by atoms with Gasteiger partial charge < -0.3 is 5.32 Å². The lowest BCUT2D eigenvalue weighted by molar-refractivity contribution is 0.0954. The molecule has 1 N–H and O–H groups in total. The summed E-state index contributed by atoms with van der Waals surface area (Å²) in [6.45, 7) is 2.65. The van der Waals surface area contributed by atoms with E-state index in [0.717, 1.165) is 35.1 Å². The number of hydrogen-bond acceptors (Lipinski definition) is 4. The summed E-state index contributed by atoms with van der Waals surface area (Å²) < 4.78 is 1.89. The summed E-state index contributed by atoms with van der Waals surface area (Å²) in [5.74, 6) is 1.43. The summed E-state index contributed by atoms with van der Waals surface area (Å²) in [5, 5.41) is 11.2. The number of nitrogens with one attached hydrogen (secondary N) is 1. The third-order valence-electron chi connectivity index (χ3n) is 4.34. The van der Waals surface area contributed by atoms with Gasteiger partial charge in [0.1, 0.15) is 0 Å². The second kappa shape index (κ2) is 5.77. The predicted octanol–water partition coefficient (Wildman–Crippen LogP) is 2.85. The maximum Gasteiger partial charge on any atom is 0.261 e. The average molecular weight is 326 g/mol. The zero-order chi connectivity index (χ0) is 15.8. The van der Waals surface area contributed by atoms with Crippen LogP contribution in [0.1, 0.15) is 39.3 Å². The van der Waals surface area contributed by atoms with Gasteiger partial charge in [0.2, 0.25) is 0 Å². The van der Waals surface area contributed by atoms with Crippen LogP contribution in [0, 0.1) is 5.92 Å². The minimum atomic E-state index is -0.0234. The minimum Gasteiger partial charge on any atom is -0.344 e. The summed E-state index contributed by atoms with van der Waals surface area (Å²) >= 11 is 1.63. The fraction of sp³-hybridized carbons (Fsp3) is 0.353. The van der Waals surface area contributed by atoms with Gasteiger partial charge in [-0.3, -0.25) is 9.20 Å². The highest BCUT2D eigenvalue weighted by atomic mass is 32.1. The third kappa shape index (κ3) is 2.74. The molecule has 1 aliphatic rings. The van der Waals surface area contributed by atoms with Crippen LogP contribution in [-0.2, 0) is 19.4 Å². The average Bonchev–Trinajstić information content (AvgIpc) is 3.16. The van der Waals surface area contributed by atoms with Crippen LogP contribution in [0.4, 0.5) is 0 Å². The van der Waals surface area contributed by atoms with Gasteiger partial charge in [0, 0.05) is 11.1 Å². The van der Waals surface area contributed by atoms with E-state index < -0.39 is 0 Å². The topological polar surface area (TPSA) is 59.3 Å². The monoisotopic (exact) mass is 326 g/mol. The molecule has 23 heavy (non-hydrogen) atoms. The van der Waals surface area contributed by atoms with Crippen molar-refractivity contribution in [2.45, 2.75) is 32.7 Å². The lowest BCUT2D eigenvalue weighted by atomic mass is 9.90. The van der Waals surface area contributed by atoms with E-state index in [1.54, 1.807) is 11.3 Å². The van der Waals surface area contributed by atoms with Crippen molar-refractivity contribution in [1.82, 2.24) is 19.9 Å². The zero-order valence-corrected chi connectivity index (χ0v) is 13.8. The first-order valence-electron chi connectivity index (χ1n) is 7.89. The van der Waals surface area contributed by atoms with E-state index in [4.69, 9.17) is 0 Å². The number of rotatable bonds is 3. The molecule has 0 aromatic carbocycles. The number of carbonyl (C=O) groups is 1. The van der Waals surface area contributed by atoms with Crippen molar-refractivity contribution < 1.29 is 4.79 Å². The van der Waals surface area contributed by atoms with Gasteiger partial charge in [-0.05, 0) is 48.9 Å². The van der Waals surface area contributed by atoms with Gasteiger partial charge in [-0.15, -0.1) is 21.5 Å². The van der Waals surface area contributed by atoms with Crippen molar-refractivity contribution in [3.8, 4) is 0 Å². The standard InChI is InChI=1S/C17H18N4OS/c1-11-5-6-13-12(8-11)9-14(23-13)17(22)18-10-16-20-19-15-4-2-3-7-21(15)16/h2-4,7,9,11H,5-6,8,10H2,1H3,(H,18,22)/t11-/m0/s1. The lowest BCUT2D eigenvalue weighted by Gasteiger charge is -2.16. The van der Waals surface area contributed by atoms with E-state index in [1.807, 2.05) is 28.8 Å². The normalized spacial score (nSPS) is 17.2. The van der Waals surface area contributed by atoms with Gasteiger partial charge in [-0.2, -0.15) is 0 Å². The fourth-order valence-corrected chi connectivity index (χ4v) is 4.20. The quantitative estimate of drug-likeness (QED) is 0.805. The molecule has 0 spiro atoms. The molecule has 0 aliphatic heterocycles. The second-order valence-corrected chi connectivity index (χ2v) is 7.27. The Labute approximate surface area is 138 Å². The van der Waals surface area contributed by atoms with E-state index in [0.29, 0.717) is 6.54 Å². The summed E-state index contributed by atoms with van der Waals surface area (Å²) in [6, 6.07) is 7.80. The molecular formula is C17H18N4OS. The Hall–Kier alpha value is -2.21. The summed E-state index contributed by atoms with van der Waals surface area (Å²) in [7, 11) is 0. The van der Waals surface area contributed by atoms with Crippen molar-refractivity contribution in [2.75, 3.05) is 0 Å². The first-order chi connectivity index (χ1) is 11.2. The molecule has 3 aromatic rings. The van der Waals surface area contributed by atoms with Crippen LogP contribution in [0.5, 0.6) is 0 Å². The van der Waals surface area contributed by atoms with E-state index in [-0.39, 0.29) is 5.91 Å². The van der Waals surface area contributed by atoms with Gasteiger partial charge in [0.15, 0.2) is 11.5 Å². The molecule has 0 unspecified atom stereocenters. The Kier molecular flexibility index (Phi) is 3.61. The molecule has 3 aromatic heterocycles. The molecule has 0 fully saturated rings. The zero-order valence-electron chi connectivity index (χ0n) is 13.0.